The molecule has 4 rings (SSSR count). The normalized spacial score (nSPS) is 12.8. The molecule has 3 aromatic rings. The monoisotopic (exact) mass is 370 g/mol. The smallest absolute Gasteiger partial charge is 0.266 e. The van der Waals surface area contributed by atoms with Crippen molar-refractivity contribution in [3.05, 3.63) is 95.6 Å². The van der Waals surface area contributed by atoms with Gasteiger partial charge in [-0.3, -0.25) is 14.4 Å². The van der Waals surface area contributed by atoms with Crippen molar-refractivity contribution in [2.45, 2.75) is 6.92 Å². The molecule has 0 saturated heterocycles. The molecule has 0 aliphatic carbocycles. The summed E-state index contributed by atoms with van der Waals surface area (Å²) in [5.41, 5.74) is 2.55. The largest absolute Gasteiger partial charge is 0.309 e. The lowest BCUT2D eigenvalue weighted by Gasteiger charge is -2.21. The van der Waals surface area contributed by atoms with Crippen LogP contribution < -0.4 is 9.80 Å². The first-order valence-electron chi connectivity index (χ1n) is 9.06. The standard InChI is InChI=1S/C23H18N2O3/c1-2-24(17-8-4-3-5-9-17)21(26)16-12-14-18(15-13-16)25-22(27)19-10-6-7-11-20(19)23(25)28/h3-15H,2H2,1H3. The van der Waals surface area contributed by atoms with Crippen LogP contribution in [-0.2, 0) is 0 Å². The molecule has 3 amide bonds. The number of carbonyl (C=O) groups excluding carboxylic acids is 3. The van der Waals surface area contributed by atoms with Gasteiger partial charge in [-0.1, -0.05) is 30.3 Å². The number of fused-ring (bicyclic) bond motifs is 1. The summed E-state index contributed by atoms with van der Waals surface area (Å²) >= 11 is 0. The summed E-state index contributed by atoms with van der Waals surface area (Å²) in [7, 11) is 0. The maximum absolute atomic E-state index is 12.9. The van der Waals surface area contributed by atoms with Gasteiger partial charge in [-0.05, 0) is 55.5 Å². The molecule has 28 heavy (non-hydrogen) atoms. The Morgan fingerprint density at radius 2 is 1.32 bits per heavy atom. The van der Waals surface area contributed by atoms with Gasteiger partial charge < -0.3 is 4.90 Å². The molecule has 0 saturated carbocycles. The Balaban J connectivity index is 1.61. The van der Waals surface area contributed by atoms with Gasteiger partial charge in [0.25, 0.3) is 17.7 Å². The zero-order valence-electron chi connectivity index (χ0n) is 15.3. The zero-order chi connectivity index (χ0) is 19.7. The summed E-state index contributed by atoms with van der Waals surface area (Å²) in [6, 6.07) is 22.8. The first kappa shape index (κ1) is 17.7. The van der Waals surface area contributed by atoms with E-state index in [-0.39, 0.29) is 17.7 Å². The number of hydrogen-bond acceptors (Lipinski definition) is 3. The summed E-state index contributed by atoms with van der Waals surface area (Å²) in [6.07, 6.45) is 0. The van der Waals surface area contributed by atoms with Crippen LogP contribution in [0.3, 0.4) is 0 Å². The van der Waals surface area contributed by atoms with Gasteiger partial charge >= 0.3 is 0 Å². The van der Waals surface area contributed by atoms with E-state index < -0.39 is 0 Å². The number of nitrogens with zero attached hydrogens (tertiary/aromatic N) is 2. The molecule has 0 N–H and O–H groups in total. The van der Waals surface area contributed by atoms with Gasteiger partial charge in [0.05, 0.1) is 16.8 Å². The van der Waals surface area contributed by atoms with Crippen LogP contribution >= 0.6 is 0 Å². The van der Waals surface area contributed by atoms with E-state index in [0.717, 1.165) is 10.6 Å². The first-order valence-corrected chi connectivity index (χ1v) is 9.06. The molecular formula is C23H18N2O3. The molecule has 0 atom stereocenters. The summed E-state index contributed by atoms with van der Waals surface area (Å²) in [4.78, 5) is 40.9. The molecule has 1 heterocycles. The number of benzene rings is 3. The molecule has 0 radical (unpaired) electrons. The Labute approximate surface area is 162 Å². The second-order valence-corrected chi connectivity index (χ2v) is 6.42. The Morgan fingerprint density at radius 1 is 0.786 bits per heavy atom. The van der Waals surface area contributed by atoms with Gasteiger partial charge in [0, 0.05) is 17.8 Å². The molecular weight excluding hydrogens is 352 g/mol. The molecule has 0 aromatic heterocycles. The maximum atomic E-state index is 12.9. The van der Waals surface area contributed by atoms with Gasteiger partial charge in [0.2, 0.25) is 0 Å². The Hall–Kier alpha value is -3.73. The first-order chi connectivity index (χ1) is 13.6. The van der Waals surface area contributed by atoms with E-state index in [1.165, 1.54) is 0 Å². The van der Waals surface area contributed by atoms with Crippen LogP contribution in [0.15, 0.2) is 78.9 Å². The van der Waals surface area contributed by atoms with Crippen molar-refractivity contribution < 1.29 is 14.4 Å². The minimum atomic E-state index is -0.348. The van der Waals surface area contributed by atoms with Gasteiger partial charge in [-0.25, -0.2) is 4.90 Å². The average molecular weight is 370 g/mol. The fourth-order valence-electron chi connectivity index (χ4n) is 3.38. The lowest BCUT2D eigenvalue weighted by molar-refractivity contribution is 0.0925. The lowest BCUT2D eigenvalue weighted by atomic mass is 10.1. The van der Waals surface area contributed by atoms with Crippen LogP contribution in [0.4, 0.5) is 11.4 Å². The molecule has 0 unspecified atom stereocenters. The van der Waals surface area contributed by atoms with E-state index in [1.807, 2.05) is 37.3 Å². The third-order valence-corrected chi connectivity index (χ3v) is 4.80. The number of rotatable bonds is 4. The van der Waals surface area contributed by atoms with E-state index in [0.29, 0.717) is 28.9 Å². The van der Waals surface area contributed by atoms with E-state index in [1.54, 1.807) is 53.4 Å². The van der Waals surface area contributed by atoms with Crippen LogP contribution in [0.1, 0.15) is 38.0 Å². The Morgan fingerprint density at radius 3 is 1.86 bits per heavy atom. The fraction of sp³-hybridized carbons (Fsp3) is 0.0870. The van der Waals surface area contributed by atoms with E-state index in [2.05, 4.69) is 0 Å². The highest BCUT2D eigenvalue weighted by Gasteiger charge is 2.36. The SMILES string of the molecule is CCN(C(=O)c1ccc(N2C(=O)c3ccccc3C2=O)cc1)c1ccccc1. The van der Waals surface area contributed by atoms with E-state index >= 15 is 0 Å². The molecule has 0 spiro atoms. The Bertz CT molecular complexity index is 1020. The average Bonchev–Trinajstić information content (AvgIpc) is 3.00. The molecule has 0 bridgehead atoms. The van der Waals surface area contributed by atoms with Crippen LogP contribution in [0.25, 0.3) is 0 Å². The third-order valence-electron chi connectivity index (χ3n) is 4.80. The fourth-order valence-corrected chi connectivity index (χ4v) is 3.38. The summed E-state index contributed by atoms with van der Waals surface area (Å²) in [6.45, 7) is 2.45. The number of para-hydroxylation sites is 1. The van der Waals surface area contributed by atoms with Crippen LogP contribution in [0.5, 0.6) is 0 Å². The van der Waals surface area contributed by atoms with Crippen LogP contribution in [0, 0.1) is 0 Å². The predicted molar refractivity (Wildman–Crippen MR) is 108 cm³/mol. The highest BCUT2D eigenvalue weighted by Crippen LogP contribution is 2.28. The zero-order valence-corrected chi connectivity index (χ0v) is 15.3. The molecule has 1 aliphatic rings. The van der Waals surface area contributed by atoms with Crippen molar-refractivity contribution in [3.8, 4) is 0 Å². The third kappa shape index (κ3) is 2.87. The topological polar surface area (TPSA) is 57.7 Å². The van der Waals surface area contributed by atoms with E-state index in [9.17, 15) is 14.4 Å². The maximum Gasteiger partial charge on any atom is 0.266 e. The van der Waals surface area contributed by atoms with Gasteiger partial charge in [0.1, 0.15) is 0 Å². The van der Waals surface area contributed by atoms with Crippen molar-refractivity contribution >= 4 is 29.1 Å². The summed E-state index contributed by atoms with van der Waals surface area (Å²) in [5.74, 6) is -0.832. The molecule has 138 valence electrons. The van der Waals surface area contributed by atoms with Crippen molar-refractivity contribution in [3.63, 3.8) is 0 Å². The quantitative estimate of drug-likeness (QED) is 0.648. The number of amides is 3. The molecule has 1 aliphatic heterocycles. The number of anilines is 2. The van der Waals surface area contributed by atoms with Gasteiger partial charge in [0.15, 0.2) is 0 Å². The van der Waals surface area contributed by atoms with Crippen LogP contribution in [0.2, 0.25) is 0 Å². The predicted octanol–water partition coefficient (Wildman–Crippen LogP) is 4.15. The summed E-state index contributed by atoms with van der Waals surface area (Å²) < 4.78 is 0. The number of carbonyl (C=O) groups is 3. The van der Waals surface area contributed by atoms with Gasteiger partial charge in [-0.15, -0.1) is 0 Å². The minimum absolute atomic E-state index is 0.136. The van der Waals surface area contributed by atoms with Crippen molar-refractivity contribution in [2.75, 3.05) is 16.3 Å². The lowest BCUT2D eigenvalue weighted by Crippen LogP contribution is -2.31. The second kappa shape index (κ2) is 7.12. The highest BCUT2D eigenvalue weighted by molar-refractivity contribution is 6.34. The highest BCUT2D eigenvalue weighted by atomic mass is 16.2. The van der Waals surface area contributed by atoms with Crippen molar-refractivity contribution in [1.82, 2.24) is 0 Å². The second-order valence-electron chi connectivity index (χ2n) is 6.42. The van der Waals surface area contributed by atoms with Crippen LogP contribution in [-0.4, -0.2) is 24.3 Å². The molecule has 5 nitrogen and oxygen atoms in total. The Kier molecular flexibility index (Phi) is 4.49. The van der Waals surface area contributed by atoms with Crippen molar-refractivity contribution in [1.29, 1.82) is 0 Å². The number of imide groups is 1. The molecule has 5 heteroatoms. The molecule has 0 fully saturated rings. The minimum Gasteiger partial charge on any atom is -0.309 e. The number of hydrogen-bond donors (Lipinski definition) is 0. The summed E-state index contributed by atoms with van der Waals surface area (Å²) in [5, 5.41) is 0. The van der Waals surface area contributed by atoms with E-state index in [4.69, 9.17) is 0 Å². The molecule has 3 aromatic carbocycles. The van der Waals surface area contributed by atoms with Gasteiger partial charge in [-0.2, -0.15) is 0 Å². The van der Waals surface area contributed by atoms with Crippen molar-refractivity contribution in [2.24, 2.45) is 0 Å².